The van der Waals surface area contributed by atoms with E-state index < -0.39 is 5.97 Å². The van der Waals surface area contributed by atoms with E-state index in [1.807, 2.05) is 6.07 Å². The Balaban J connectivity index is 2.75. The van der Waals surface area contributed by atoms with Gasteiger partial charge in [0, 0.05) is 16.8 Å². The number of carbonyl (C=O) groups is 2. The van der Waals surface area contributed by atoms with Crippen LogP contribution < -0.4 is 5.32 Å². The molecule has 6 heteroatoms. The topological polar surface area (TPSA) is 66.4 Å². The largest absolute Gasteiger partial charge is 0.477 e. The molecule has 0 saturated carbocycles. The van der Waals surface area contributed by atoms with Gasteiger partial charge >= 0.3 is 5.97 Å². The summed E-state index contributed by atoms with van der Waals surface area (Å²) >= 11 is 4.50. The van der Waals surface area contributed by atoms with Crippen LogP contribution in [0.2, 0.25) is 0 Å². The van der Waals surface area contributed by atoms with E-state index in [0.29, 0.717) is 5.69 Å². The van der Waals surface area contributed by atoms with Crippen molar-refractivity contribution in [3.63, 3.8) is 0 Å². The predicted molar refractivity (Wildman–Crippen MR) is 70.8 cm³/mol. The number of benzene rings is 1. The van der Waals surface area contributed by atoms with E-state index >= 15 is 0 Å². The average Bonchev–Trinajstić information content (AvgIpc) is 2.58. The molecule has 0 fully saturated rings. The van der Waals surface area contributed by atoms with Gasteiger partial charge in [-0.05, 0) is 22.0 Å². The van der Waals surface area contributed by atoms with E-state index in [2.05, 4.69) is 21.2 Å². The molecule has 2 aromatic rings. The summed E-state index contributed by atoms with van der Waals surface area (Å²) in [4.78, 5) is 22.4. The van der Waals surface area contributed by atoms with Crippen LogP contribution >= 0.6 is 27.3 Å². The molecular formula is C11H8BrNO3S. The number of anilines is 1. The van der Waals surface area contributed by atoms with Crippen molar-refractivity contribution in [2.24, 2.45) is 0 Å². The molecule has 2 rings (SSSR count). The van der Waals surface area contributed by atoms with Crippen LogP contribution in [0, 0.1) is 0 Å². The molecule has 0 aliphatic heterocycles. The first-order valence-corrected chi connectivity index (χ1v) is 6.33. The van der Waals surface area contributed by atoms with Crippen LogP contribution in [-0.4, -0.2) is 17.0 Å². The minimum atomic E-state index is -1.04. The Hall–Kier alpha value is -1.40. The molecule has 0 atom stereocenters. The summed E-state index contributed by atoms with van der Waals surface area (Å²) in [6, 6.07) is 5.42. The summed E-state index contributed by atoms with van der Waals surface area (Å²) in [5.41, 5.74) is 0.367. The number of carboxylic acids is 1. The summed E-state index contributed by atoms with van der Waals surface area (Å²) in [6.45, 7) is 1.35. The average molecular weight is 314 g/mol. The number of carboxylic acid groups (broad SMARTS) is 1. The number of thiophene rings is 1. The molecule has 1 heterocycles. The molecule has 0 aliphatic rings. The van der Waals surface area contributed by atoms with Gasteiger partial charge in [-0.2, -0.15) is 0 Å². The van der Waals surface area contributed by atoms with Crippen molar-refractivity contribution in [1.82, 2.24) is 0 Å². The van der Waals surface area contributed by atoms with Crippen LogP contribution in [0.5, 0.6) is 0 Å². The lowest BCUT2D eigenvalue weighted by Crippen LogP contribution is -2.08. The Morgan fingerprint density at radius 3 is 2.71 bits per heavy atom. The van der Waals surface area contributed by atoms with Gasteiger partial charge in [0.1, 0.15) is 4.88 Å². The molecule has 0 spiro atoms. The standard InChI is InChI=1S/C11H8BrNO3S/c1-5(14)13-8-6-3-2-4-7(12)9(6)17-10(8)11(15)16/h2-4H,1H3,(H,13,14)(H,15,16). The van der Waals surface area contributed by atoms with Crippen LogP contribution in [0.3, 0.4) is 0 Å². The number of hydrogen-bond donors (Lipinski definition) is 2. The van der Waals surface area contributed by atoms with Gasteiger partial charge in [-0.25, -0.2) is 4.79 Å². The van der Waals surface area contributed by atoms with Crippen LogP contribution in [0.4, 0.5) is 5.69 Å². The van der Waals surface area contributed by atoms with Gasteiger partial charge < -0.3 is 10.4 Å². The Bertz CT molecular complexity index is 620. The number of aromatic carboxylic acids is 1. The Morgan fingerprint density at radius 2 is 2.12 bits per heavy atom. The fourth-order valence-corrected chi connectivity index (χ4v) is 3.14. The second kappa shape index (κ2) is 4.46. The van der Waals surface area contributed by atoms with Gasteiger partial charge in [0.05, 0.1) is 10.4 Å². The SMILES string of the molecule is CC(=O)Nc1c(C(=O)O)sc2c(Br)cccc12. The Morgan fingerprint density at radius 1 is 1.41 bits per heavy atom. The van der Waals surface area contributed by atoms with Crippen molar-refractivity contribution in [3.8, 4) is 0 Å². The van der Waals surface area contributed by atoms with Crippen molar-refractivity contribution < 1.29 is 14.7 Å². The molecule has 0 unspecified atom stereocenters. The van der Waals surface area contributed by atoms with Gasteiger partial charge in [-0.1, -0.05) is 12.1 Å². The van der Waals surface area contributed by atoms with E-state index in [1.54, 1.807) is 12.1 Å². The third kappa shape index (κ3) is 2.18. The van der Waals surface area contributed by atoms with Crippen molar-refractivity contribution in [3.05, 3.63) is 27.5 Å². The number of hydrogen-bond acceptors (Lipinski definition) is 3. The molecule has 17 heavy (non-hydrogen) atoms. The van der Waals surface area contributed by atoms with Crippen LogP contribution in [0.25, 0.3) is 10.1 Å². The molecule has 0 aliphatic carbocycles. The first-order valence-electron chi connectivity index (χ1n) is 4.72. The van der Waals surface area contributed by atoms with Crippen molar-refractivity contribution >= 4 is 54.9 Å². The quantitative estimate of drug-likeness (QED) is 0.893. The predicted octanol–water partition coefficient (Wildman–Crippen LogP) is 3.32. The lowest BCUT2D eigenvalue weighted by Gasteiger charge is -2.01. The van der Waals surface area contributed by atoms with Crippen molar-refractivity contribution in [2.45, 2.75) is 6.92 Å². The second-order valence-electron chi connectivity index (χ2n) is 3.41. The number of amides is 1. The fraction of sp³-hybridized carbons (Fsp3) is 0.0909. The molecular weight excluding hydrogens is 306 g/mol. The summed E-state index contributed by atoms with van der Waals surface area (Å²) in [7, 11) is 0. The molecule has 88 valence electrons. The van der Waals surface area contributed by atoms with Crippen molar-refractivity contribution in [1.29, 1.82) is 0 Å². The number of halogens is 1. The van der Waals surface area contributed by atoms with Crippen LogP contribution in [0.15, 0.2) is 22.7 Å². The monoisotopic (exact) mass is 313 g/mol. The summed E-state index contributed by atoms with van der Waals surface area (Å²) in [5, 5.41) is 12.4. The number of fused-ring (bicyclic) bond motifs is 1. The molecule has 0 saturated heterocycles. The maximum Gasteiger partial charge on any atom is 0.348 e. The van der Waals surface area contributed by atoms with Gasteiger partial charge in [-0.15, -0.1) is 11.3 Å². The second-order valence-corrected chi connectivity index (χ2v) is 5.28. The van der Waals surface area contributed by atoms with E-state index in [-0.39, 0.29) is 10.8 Å². The molecule has 1 aromatic heterocycles. The number of rotatable bonds is 2. The molecule has 2 N–H and O–H groups in total. The highest BCUT2D eigenvalue weighted by Crippen LogP contribution is 2.39. The molecule has 1 aromatic carbocycles. The third-order valence-corrected chi connectivity index (χ3v) is 4.31. The Kier molecular flexibility index (Phi) is 3.17. The smallest absolute Gasteiger partial charge is 0.348 e. The lowest BCUT2D eigenvalue weighted by atomic mass is 10.2. The minimum Gasteiger partial charge on any atom is -0.477 e. The third-order valence-electron chi connectivity index (χ3n) is 2.16. The van der Waals surface area contributed by atoms with Gasteiger partial charge in [0.15, 0.2) is 0 Å². The zero-order chi connectivity index (χ0) is 12.6. The highest BCUT2D eigenvalue weighted by molar-refractivity contribution is 9.10. The molecule has 1 amide bonds. The lowest BCUT2D eigenvalue weighted by molar-refractivity contribution is -0.114. The van der Waals surface area contributed by atoms with Gasteiger partial charge in [0.25, 0.3) is 0 Å². The van der Waals surface area contributed by atoms with Gasteiger partial charge in [-0.3, -0.25) is 4.79 Å². The molecule has 0 bridgehead atoms. The highest BCUT2D eigenvalue weighted by atomic mass is 79.9. The van der Waals surface area contributed by atoms with Crippen LogP contribution in [0.1, 0.15) is 16.6 Å². The first kappa shape index (κ1) is 12.1. The summed E-state index contributed by atoms with van der Waals surface area (Å²) in [6.07, 6.45) is 0. The normalized spacial score (nSPS) is 10.5. The maximum absolute atomic E-state index is 11.1. The fourth-order valence-electron chi connectivity index (χ4n) is 1.54. The Labute approximate surface area is 109 Å². The van der Waals surface area contributed by atoms with E-state index in [0.717, 1.165) is 25.9 Å². The maximum atomic E-state index is 11.1. The zero-order valence-electron chi connectivity index (χ0n) is 8.78. The first-order chi connectivity index (χ1) is 8.00. The molecule has 4 nitrogen and oxygen atoms in total. The summed E-state index contributed by atoms with van der Waals surface area (Å²) in [5.74, 6) is -1.32. The number of nitrogens with one attached hydrogen (secondary N) is 1. The van der Waals surface area contributed by atoms with E-state index in [1.165, 1.54) is 6.92 Å². The van der Waals surface area contributed by atoms with E-state index in [4.69, 9.17) is 5.11 Å². The number of carbonyl (C=O) groups excluding carboxylic acids is 1. The summed E-state index contributed by atoms with van der Waals surface area (Å²) < 4.78 is 1.63. The minimum absolute atomic E-state index is 0.141. The van der Waals surface area contributed by atoms with Gasteiger partial charge in [0.2, 0.25) is 5.91 Å². The van der Waals surface area contributed by atoms with E-state index in [9.17, 15) is 9.59 Å². The highest BCUT2D eigenvalue weighted by Gasteiger charge is 2.19. The molecule has 0 radical (unpaired) electrons. The zero-order valence-corrected chi connectivity index (χ0v) is 11.2. The van der Waals surface area contributed by atoms with Crippen LogP contribution in [-0.2, 0) is 4.79 Å². The van der Waals surface area contributed by atoms with Crippen molar-refractivity contribution in [2.75, 3.05) is 5.32 Å².